The van der Waals surface area contributed by atoms with Crippen LogP contribution in [0.1, 0.15) is 12.5 Å². The molecule has 8 aromatic rings. The number of hydrogen-bond donors (Lipinski definition) is 0. The number of aryl methyl sites for hydroxylation is 1. The summed E-state index contributed by atoms with van der Waals surface area (Å²) in [5, 5.41) is 7.71. The number of rotatable bonds is 4. The molecule has 41 heavy (non-hydrogen) atoms. The first kappa shape index (κ1) is 23.7. The quantitative estimate of drug-likeness (QED) is 0.202. The predicted octanol–water partition coefficient (Wildman–Crippen LogP) is 11.0. The van der Waals surface area contributed by atoms with Crippen LogP contribution in [0.2, 0.25) is 0 Å². The Balaban J connectivity index is 1.36. The van der Waals surface area contributed by atoms with Crippen LogP contribution < -0.4 is 0 Å². The molecular formula is C40H29N. The first-order valence-corrected chi connectivity index (χ1v) is 14.4. The standard InChI is InChI=1S/C40H29N/c1-2-27-19-21-28(22-20-27)39-33-13-3-5-15-35(33)40(36-16-6-4-14-34(36)39)29-23-25-30(26-24-29)41-37-17-9-7-11-31(37)32-12-8-10-18-38(32)41/h3-26H,2H2,1H3. The molecule has 0 amide bonds. The van der Waals surface area contributed by atoms with E-state index in [1.807, 2.05) is 0 Å². The fraction of sp³-hybridized carbons (Fsp3) is 0.0500. The maximum atomic E-state index is 2.38. The van der Waals surface area contributed by atoms with Crippen molar-refractivity contribution in [1.82, 2.24) is 4.57 Å². The van der Waals surface area contributed by atoms with Crippen LogP contribution in [0, 0.1) is 0 Å². The molecule has 0 bridgehead atoms. The van der Waals surface area contributed by atoms with Gasteiger partial charge in [-0.2, -0.15) is 0 Å². The Bertz CT molecular complexity index is 2100. The average Bonchev–Trinajstić information content (AvgIpc) is 3.38. The minimum atomic E-state index is 1.05. The number of fused-ring (bicyclic) bond motifs is 5. The summed E-state index contributed by atoms with van der Waals surface area (Å²) in [6.45, 7) is 2.21. The number of para-hydroxylation sites is 2. The second-order valence-corrected chi connectivity index (χ2v) is 10.8. The van der Waals surface area contributed by atoms with Crippen LogP contribution in [0.25, 0.3) is 71.3 Å². The third-order valence-electron chi connectivity index (χ3n) is 8.58. The smallest absolute Gasteiger partial charge is 0.0541 e. The van der Waals surface area contributed by atoms with Gasteiger partial charge in [0.1, 0.15) is 0 Å². The normalized spacial score (nSPS) is 11.6. The SMILES string of the molecule is CCc1ccc(-c2c3ccccc3c(-c3ccc(-n4c5ccccc5c5ccccc54)cc3)c3ccccc23)cc1. The Morgan fingerprint density at radius 1 is 0.390 bits per heavy atom. The van der Waals surface area contributed by atoms with Crippen LogP contribution in [0.4, 0.5) is 0 Å². The zero-order valence-corrected chi connectivity index (χ0v) is 23.0. The van der Waals surface area contributed by atoms with Crippen molar-refractivity contribution in [2.24, 2.45) is 0 Å². The zero-order valence-electron chi connectivity index (χ0n) is 23.0. The van der Waals surface area contributed by atoms with Gasteiger partial charge in [0.25, 0.3) is 0 Å². The molecule has 0 N–H and O–H groups in total. The highest BCUT2D eigenvalue weighted by Crippen LogP contribution is 2.44. The third kappa shape index (κ3) is 3.70. The van der Waals surface area contributed by atoms with Gasteiger partial charge in [0.15, 0.2) is 0 Å². The van der Waals surface area contributed by atoms with Crippen LogP contribution in [-0.4, -0.2) is 4.57 Å². The highest BCUT2D eigenvalue weighted by molar-refractivity contribution is 6.21. The number of benzene rings is 7. The van der Waals surface area contributed by atoms with Crippen LogP contribution in [0.3, 0.4) is 0 Å². The number of hydrogen-bond acceptors (Lipinski definition) is 0. The summed E-state index contributed by atoms with van der Waals surface area (Å²) in [5.74, 6) is 0. The van der Waals surface area contributed by atoms with Gasteiger partial charge in [0.05, 0.1) is 11.0 Å². The minimum Gasteiger partial charge on any atom is -0.309 e. The van der Waals surface area contributed by atoms with E-state index in [0.29, 0.717) is 0 Å². The van der Waals surface area contributed by atoms with E-state index >= 15 is 0 Å². The van der Waals surface area contributed by atoms with Crippen molar-refractivity contribution in [1.29, 1.82) is 0 Å². The molecule has 7 aromatic carbocycles. The fourth-order valence-corrected chi connectivity index (χ4v) is 6.64. The largest absolute Gasteiger partial charge is 0.309 e. The third-order valence-corrected chi connectivity index (χ3v) is 8.58. The van der Waals surface area contributed by atoms with Crippen molar-refractivity contribution in [3.05, 3.63) is 151 Å². The first-order valence-electron chi connectivity index (χ1n) is 14.4. The molecule has 0 fully saturated rings. The van der Waals surface area contributed by atoms with E-state index in [1.54, 1.807) is 0 Å². The molecular weight excluding hydrogens is 494 g/mol. The summed E-state index contributed by atoms with van der Waals surface area (Å²) in [7, 11) is 0. The van der Waals surface area contributed by atoms with E-state index in [9.17, 15) is 0 Å². The Hall–Kier alpha value is -5.14. The lowest BCUT2D eigenvalue weighted by atomic mass is 9.86. The van der Waals surface area contributed by atoms with Crippen LogP contribution >= 0.6 is 0 Å². The van der Waals surface area contributed by atoms with Crippen LogP contribution in [0.15, 0.2) is 146 Å². The molecule has 0 unspecified atom stereocenters. The molecule has 0 radical (unpaired) electrons. The van der Waals surface area contributed by atoms with Crippen LogP contribution in [0.5, 0.6) is 0 Å². The van der Waals surface area contributed by atoms with Gasteiger partial charge >= 0.3 is 0 Å². The lowest BCUT2D eigenvalue weighted by Gasteiger charge is -2.18. The Morgan fingerprint density at radius 3 is 1.17 bits per heavy atom. The van der Waals surface area contributed by atoms with Crippen molar-refractivity contribution in [3.63, 3.8) is 0 Å². The molecule has 0 aliphatic carbocycles. The molecule has 8 rings (SSSR count). The highest BCUT2D eigenvalue weighted by atomic mass is 15.0. The Morgan fingerprint density at radius 2 is 0.756 bits per heavy atom. The van der Waals surface area contributed by atoms with E-state index in [0.717, 1.165) is 6.42 Å². The summed E-state index contributed by atoms with van der Waals surface area (Å²) < 4.78 is 2.38. The summed E-state index contributed by atoms with van der Waals surface area (Å²) in [4.78, 5) is 0. The first-order chi connectivity index (χ1) is 20.3. The van der Waals surface area contributed by atoms with Crippen molar-refractivity contribution >= 4 is 43.4 Å². The van der Waals surface area contributed by atoms with E-state index in [-0.39, 0.29) is 0 Å². The van der Waals surface area contributed by atoms with E-state index in [2.05, 4.69) is 157 Å². The summed E-state index contributed by atoms with van der Waals surface area (Å²) in [6, 6.07) is 53.4. The second kappa shape index (κ2) is 9.50. The molecule has 0 aliphatic heterocycles. The van der Waals surface area contributed by atoms with Gasteiger partial charge in [-0.1, -0.05) is 128 Å². The van der Waals surface area contributed by atoms with Gasteiger partial charge in [-0.05, 0) is 80.0 Å². The van der Waals surface area contributed by atoms with Gasteiger partial charge in [-0.25, -0.2) is 0 Å². The molecule has 1 aromatic heterocycles. The van der Waals surface area contributed by atoms with Gasteiger partial charge in [-0.15, -0.1) is 0 Å². The molecule has 0 spiro atoms. The lowest BCUT2D eigenvalue weighted by molar-refractivity contribution is 1.14. The average molecular weight is 524 g/mol. The molecule has 194 valence electrons. The maximum Gasteiger partial charge on any atom is 0.0541 e. The number of aromatic nitrogens is 1. The lowest BCUT2D eigenvalue weighted by Crippen LogP contribution is -1.94. The van der Waals surface area contributed by atoms with Gasteiger partial charge < -0.3 is 4.57 Å². The van der Waals surface area contributed by atoms with Crippen molar-refractivity contribution in [2.45, 2.75) is 13.3 Å². The van der Waals surface area contributed by atoms with Crippen molar-refractivity contribution < 1.29 is 0 Å². The molecule has 0 atom stereocenters. The van der Waals surface area contributed by atoms with E-state index < -0.39 is 0 Å². The Kier molecular flexibility index (Phi) is 5.50. The highest BCUT2D eigenvalue weighted by Gasteiger charge is 2.17. The van der Waals surface area contributed by atoms with E-state index in [4.69, 9.17) is 0 Å². The predicted molar refractivity (Wildman–Crippen MR) is 176 cm³/mol. The molecule has 1 heterocycles. The minimum absolute atomic E-state index is 1.05. The topological polar surface area (TPSA) is 4.93 Å². The summed E-state index contributed by atoms with van der Waals surface area (Å²) in [6.07, 6.45) is 1.05. The van der Waals surface area contributed by atoms with Gasteiger partial charge in [0.2, 0.25) is 0 Å². The zero-order chi connectivity index (χ0) is 27.3. The molecule has 0 aliphatic rings. The molecule has 0 saturated carbocycles. The fourth-order valence-electron chi connectivity index (χ4n) is 6.64. The summed E-state index contributed by atoms with van der Waals surface area (Å²) >= 11 is 0. The molecule has 1 heteroatoms. The second-order valence-electron chi connectivity index (χ2n) is 10.8. The van der Waals surface area contributed by atoms with Crippen LogP contribution in [-0.2, 0) is 6.42 Å². The monoisotopic (exact) mass is 523 g/mol. The molecule has 0 saturated heterocycles. The number of nitrogens with zero attached hydrogens (tertiary/aromatic N) is 1. The van der Waals surface area contributed by atoms with E-state index in [1.165, 1.54) is 76.9 Å². The maximum absolute atomic E-state index is 2.38. The van der Waals surface area contributed by atoms with Crippen molar-refractivity contribution in [3.8, 4) is 27.9 Å². The Labute approximate surface area is 239 Å². The summed E-state index contributed by atoms with van der Waals surface area (Å²) in [5.41, 5.74) is 10.1. The molecule has 1 nitrogen and oxygen atoms in total. The van der Waals surface area contributed by atoms with Crippen molar-refractivity contribution in [2.75, 3.05) is 0 Å². The van der Waals surface area contributed by atoms with Gasteiger partial charge in [0, 0.05) is 16.5 Å². The van der Waals surface area contributed by atoms with Gasteiger partial charge in [-0.3, -0.25) is 0 Å².